The Balaban J connectivity index is 1.47. The number of anilines is 1. The lowest BCUT2D eigenvalue weighted by Gasteiger charge is -2.32. The van der Waals surface area contributed by atoms with Crippen LogP contribution < -0.4 is 5.32 Å². The van der Waals surface area contributed by atoms with Crippen molar-refractivity contribution in [3.8, 4) is 0 Å². The van der Waals surface area contributed by atoms with Crippen LogP contribution in [0.5, 0.6) is 0 Å². The van der Waals surface area contributed by atoms with E-state index in [-0.39, 0.29) is 29.5 Å². The SMILES string of the molecule is CCc1cc2c(s1)C(=O)N(CC(=O)Nc1ncc([N+](=O)[O-])cn1)CC21CC1. The van der Waals surface area contributed by atoms with E-state index >= 15 is 0 Å². The van der Waals surface area contributed by atoms with Crippen molar-refractivity contribution in [3.05, 3.63) is 43.9 Å². The van der Waals surface area contributed by atoms with Crippen LogP contribution in [-0.4, -0.2) is 44.7 Å². The summed E-state index contributed by atoms with van der Waals surface area (Å²) in [7, 11) is 0. The minimum absolute atomic E-state index is 0.00268. The van der Waals surface area contributed by atoms with E-state index in [1.54, 1.807) is 4.90 Å². The maximum atomic E-state index is 12.8. The maximum absolute atomic E-state index is 12.8. The molecule has 0 aromatic carbocycles. The predicted molar refractivity (Wildman–Crippen MR) is 97.8 cm³/mol. The quantitative estimate of drug-likeness (QED) is 0.620. The fraction of sp³-hybridized carbons (Fsp3) is 0.412. The lowest BCUT2D eigenvalue weighted by atomic mass is 9.91. The summed E-state index contributed by atoms with van der Waals surface area (Å²) in [5, 5.41) is 13.1. The van der Waals surface area contributed by atoms with Gasteiger partial charge in [-0.15, -0.1) is 11.3 Å². The highest BCUT2D eigenvalue weighted by molar-refractivity contribution is 7.14. The van der Waals surface area contributed by atoms with Gasteiger partial charge in [-0.2, -0.15) is 0 Å². The molecule has 1 fully saturated rings. The number of fused-ring (bicyclic) bond motifs is 2. The molecule has 2 aliphatic rings. The highest BCUT2D eigenvalue weighted by atomic mass is 32.1. The molecule has 1 saturated carbocycles. The molecule has 0 bridgehead atoms. The molecular weight excluding hydrogens is 370 g/mol. The second kappa shape index (κ2) is 6.38. The van der Waals surface area contributed by atoms with E-state index in [1.165, 1.54) is 16.2 Å². The number of nitrogens with zero attached hydrogens (tertiary/aromatic N) is 4. The first-order valence-electron chi connectivity index (χ1n) is 8.60. The van der Waals surface area contributed by atoms with Gasteiger partial charge in [0.05, 0.1) is 9.80 Å². The molecule has 10 heteroatoms. The molecule has 1 spiro atoms. The predicted octanol–water partition coefficient (Wildman–Crippen LogP) is 2.13. The van der Waals surface area contributed by atoms with Crippen LogP contribution in [0.15, 0.2) is 18.5 Å². The van der Waals surface area contributed by atoms with E-state index in [4.69, 9.17) is 0 Å². The van der Waals surface area contributed by atoms with Crippen LogP contribution in [0, 0.1) is 10.1 Å². The fourth-order valence-corrected chi connectivity index (χ4v) is 4.54. The van der Waals surface area contributed by atoms with E-state index in [2.05, 4.69) is 28.3 Å². The number of rotatable bonds is 5. The summed E-state index contributed by atoms with van der Waals surface area (Å²) in [4.78, 5) is 46.2. The van der Waals surface area contributed by atoms with Crippen molar-refractivity contribution >= 4 is 34.8 Å². The number of aryl methyl sites for hydroxylation is 1. The minimum Gasteiger partial charge on any atom is -0.328 e. The van der Waals surface area contributed by atoms with E-state index in [9.17, 15) is 19.7 Å². The van der Waals surface area contributed by atoms with Crippen molar-refractivity contribution in [3.63, 3.8) is 0 Å². The summed E-state index contributed by atoms with van der Waals surface area (Å²) in [6, 6.07) is 2.15. The topological polar surface area (TPSA) is 118 Å². The molecule has 0 unspecified atom stereocenters. The molecule has 1 aliphatic heterocycles. The normalized spacial score (nSPS) is 16.9. The van der Waals surface area contributed by atoms with E-state index in [1.807, 2.05) is 0 Å². The number of nitro groups is 1. The zero-order valence-corrected chi connectivity index (χ0v) is 15.4. The molecule has 4 rings (SSSR count). The van der Waals surface area contributed by atoms with Gasteiger partial charge >= 0.3 is 5.69 Å². The summed E-state index contributed by atoms with van der Waals surface area (Å²) < 4.78 is 0. The number of nitrogens with one attached hydrogen (secondary N) is 1. The average Bonchev–Trinajstić information content (AvgIpc) is 3.26. The first kappa shape index (κ1) is 17.5. The van der Waals surface area contributed by atoms with Crippen LogP contribution in [0.1, 0.15) is 39.9 Å². The van der Waals surface area contributed by atoms with Crippen LogP contribution in [0.2, 0.25) is 0 Å². The van der Waals surface area contributed by atoms with Gasteiger partial charge in [-0.05, 0) is 30.9 Å². The smallest absolute Gasteiger partial charge is 0.305 e. The summed E-state index contributed by atoms with van der Waals surface area (Å²) in [5.41, 5.74) is 0.883. The van der Waals surface area contributed by atoms with Gasteiger partial charge in [0.25, 0.3) is 5.91 Å². The molecule has 0 atom stereocenters. The van der Waals surface area contributed by atoms with Crippen LogP contribution in [0.25, 0.3) is 0 Å². The molecule has 3 heterocycles. The van der Waals surface area contributed by atoms with Gasteiger partial charge in [0, 0.05) is 16.8 Å². The summed E-state index contributed by atoms with van der Waals surface area (Å²) in [6.07, 6.45) is 4.99. The van der Waals surface area contributed by atoms with Crippen LogP contribution in [-0.2, 0) is 16.6 Å². The van der Waals surface area contributed by atoms with Crippen LogP contribution in [0.3, 0.4) is 0 Å². The fourth-order valence-electron chi connectivity index (χ4n) is 3.36. The molecule has 0 saturated heterocycles. The zero-order valence-electron chi connectivity index (χ0n) is 14.6. The van der Waals surface area contributed by atoms with Crippen molar-refractivity contribution in [2.75, 3.05) is 18.4 Å². The van der Waals surface area contributed by atoms with Crippen molar-refractivity contribution in [1.29, 1.82) is 0 Å². The molecule has 2 aromatic heterocycles. The second-order valence-corrected chi connectivity index (χ2v) is 7.96. The Kier molecular flexibility index (Phi) is 4.14. The Hall–Kier alpha value is -2.88. The lowest BCUT2D eigenvalue weighted by molar-refractivity contribution is -0.385. The van der Waals surface area contributed by atoms with E-state index in [0.29, 0.717) is 6.54 Å². The van der Waals surface area contributed by atoms with Crippen LogP contribution >= 0.6 is 11.3 Å². The molecule has 2 aromatic rings. The molecule has 1 N–H and O–H groups in total. The molecule has 9 nitrogen and oxygen atoms in total. The van der Waals surface area contributed by atoms with Crippen molar-refractivity contribution in [2.45, 2.75) is 31.6 Å². The first-order valence-corrected chi connectivity index (χ1v) is 9.42. The number of hydrogen-bond acceptors (Lipinski definition) is 7. The lowest BCUT2D eigenvalue weighted by Crippen LogP contribution is -2.46. The molecule has 140 valence electrons. The average molecular weight is 387 g/mol. The standard InChI is InChI=1S/C17H17N5O4S/c1-2-11-5-12-14(27-11)15(24)21(9-17(12)3-4-17)8-13(23)20-16-18-6-10(7-19-16)22(25)26/h5-7H,2-4,8-9H2,1H3,(H,18,19,20,23). The van der Waals surface area contributed by atoms with E-state index < -0.39 is 10.8 Å². The van der Waals surface area contributed by atoms with Crippen LogP contribution in [0.4, 0.5) is 11.6 Å². The maximum Gasteiger partial charge on any atom is 0.305 e. The van der Waals surface area contributed by atoms with Gasteiger partial charge < -0.3 is 4.90 Å². The number of carbonyl (C=O) groups is 2. The van der Waals surface area contributed by atoms with Crippen molar-refractivity contribution < 1.29 is 14.5 Å². The number of amides is 2. The number of thiophene rings is 1. The highest BCUT2D eigenvalue weighted by Crippen LogP contribution is 2.54. The van der Waals surface area contributed by atoms with Gasteiger partial charge in [-0.3, -0.25) is 25.0 Å². The first-order chi connectivity index (χ1) is 12.9. The van der Waals surface area contributed by atoms with Gasteiger partial charge in [-0.1, -0.05) is 6.92 Å². The molecule has 1 aliphatic carbocycles. The van der Waals surface area contributed by atoms with Crippen molar-refractivity contribution in [2.24, 2.45) is 0 Å². The summed E-state index contributed by atoms with van der Waals surface area (Å²) in [6.45, 7) is 2.50. The molecule has 2 amide bonds. The Bertz CT molecular complexity index is 935. The minimum atomic E-state index is -0.615. The molecule has 27 heavy (non-hydrogen) atoms. The Morgan fingerprint density at radius 3 is 2.70 bits per heavy atom. The van der Waals surface area contributed by atoms with Gasteiger partial charge in [0.1, 0.15) is 18.9 Å². The second-order valence-electron chi connectivity index (χ2n) is 6.82. The summed E-state index contributed by atoms with van der Waals surface area (Å²) in [5.74, 6) is -0.572. The van der Waals surface area contributed by atoms with E-state index in [0.717, 1.165) is 42.1 Å². The Morgan fingerprint density at radius 1 is 1.41 bits per heavy atom. The van der Waals surface area contributed by atoms with Gasteiger partial charge in [-0.25, -0.2) is 9.97 Å². The third kappa shape index (κ3) is 3.16. The molecule has 0 radical (unpaired) electrons. The third-order valence-electron chi connectivity index (χ3n) is 4.97. The number of carbonyl (C=O) groups excluding carboxylic acids is 2. The Labute approximate surface area is 158 Å². The van der Waals surface area contributed by atoms with Gasteiger partial charge in [0.2, 0.25) is 11.9 Å². The molecular formula is C17H17N5O4S. The van der Waals surface area contributed by atoms with Gasteiger partial charge in [0.15, 0.2) is 0 Å². The zero-order chi connectivity index (χ0) is 19.2. The summed E-state index contributed by atoms with van der Waals surface area (Å²) >= 11 is 1.51. The Morgan fingerprint density at radius 2 is 2.11 bits per heavy atom. The largest absolute Gasteiger partial charge is 0.328 e. The monoisotopic (exact) mass is 387 g/mol. The highest BCUT2D eigenvalue weighted by Gasteiger charge is 2.52. The number of aromatic nitrogens is 2. The van der Waals surface area contributed by atoms with Crippen molar-refractivity contribution in [1.82, 2.24) is 14.9 Å². The third-order valence-corrected chi connectivity index (χ3v) is 6.23. The number of hydrogen-bond donors (Lipinski definition) is 1.